The third-order valence-corrected chi connectivity index (χ3v) is 3.43. The van der Waals surface area contributed by atoms with E-state index in [-0.39, 0.29) is 17.5 Å². The Bertz CT molecular complexity index is 457. The molecular formula is C14H17ClFNO. The molecule has 1 amide bonds. The smallest absolute Gasteiger partial charge is 0.257 e. The quantitative estimate of drug-likeness (QED) is 0.815. The molecule has 0 atom stereocenters. The second kappa shape index (κ2) is 5.27. The first-order valence-corrected chi connectivity index (χ1v) is 6.63. The number of benzene rings is 1. The van der Waals surface area contributed by atoms with E-state index in [0.717, 1.165) is 12.8 Å². The minimum absolute atomic E-state index is 0.0662. The molecule has 0 heterocycles. The molecule has 0 unspecified atom stereocenters. The average molecular weight is 270 g/mol. The number of carbonyl (C=O) groups is 1. The first kappa shape index (κ1) is 13.3. The van der Waals surface area contributed by atoms with Gasteiger partial charge in [0.1, 0.15) is 5.82 Å². The van der Waals surface area contributed by atoms with Gasteiger partial charge in [-0.25, -0.2) is 4.39 Å². The number of halogens is 2. The molecule has 0 spiro atoms. The molecule has 0 bridgehead atoms. The zero-order valence-electron chi connectivity index (χ0n) is 10.6. The van der Waals surface area contributed by atoms with Crippen LogP contribution < -0.4 is 0 Å². The highest BCUT2D eigenvalue weighted by atomic mass is 35.5. The summed E-state index contributed by atoms with van der Waals surface area (Å²) in [5.41, 5.74) is 0.0665. The Labute approximate surface area is 112 Å². The van der Waals surface area contributed by atoms with Crippen LogP contribution in [0.3, 0.4) is 0 Å². The highest BCUT2D eigenvalue weighted by molar-refractivity contribution is 6.31. The summed E-state index contributed by atoms with van der Waals surface area (Å²) in [6.45, 7) is 4.61. The molecule has 1 aliphatic carbocycles. The van der Waals surface area contributed by atoms with E-state index in [9.17, 15) is 9.18 Å². The van der Waals surface area contributed by atoms with E-state index in [0.29, 0.717) is 17.5 Å². The Hall–Kier alpha value is -1.09. The van der Waals surface area contributed by atoms with Crippen molar-refractivity contribution in [3.8, 4) is 0 Å². The van der Waals surface area contributed by atoms with E-state index in [1.807, 2.05) is 13.8 Å². The Morgan fingerprint density at radius 1 is 1.50 bits per heavy atom. The van der Waals surface area contributed by atoms with Crippen LogP contribution in [-0.2, 0) is 0 Å². The van der Waals surface area contributed by atoms with Crippen molar-refractivity contribution >= 4 is 17.5 Å². The van der Waals surface area contributed by atoms with E-state index in [2.05, 4.69) is 0 Å². The average Bonchev–Trinajstić information content (AvgIpc) is 3.12. The van der Waals surface area contributed by atoms with Crippen molar-refractivity contribution in [3.63, 3.8) is 0 Å². The maximum absolute atomic E-state index is 13.7. The second-order valence-electron chi connectivity index (χ2n) is 5.12. The standard InChI is InChI=1S/C14H17ClFNO/c1-9(2)17(8-10-3-4-10)14(18)12-7-11(15)5-6-13(12)16/h5-7,9-10H,3-4,8H2,1-2H3. The minimum Gasteiger partial charge on any atom is -0.336 e. The SMILES string of the molecule is CC(C)N(CC1CC1)C(=O)c1cc(Cl)ccc1F. The Morgan fingerprint density at radius 2 is 2.17 bits per heavy atom. The third kappa shape index (κ3) is 3.02. The van der Waals surface area contributed by atoms with Crippen molar-refractivity contribution in [1.29, 1.82) is 0 Å². The maximum atomic E-state index is 13.7. The molecule has 0 aromatic heterocycles. The predicted octanol–water partition coefficient (Wildman–Crippen LogP) is 3.74. The van der Waals surface area contributed by atoms with E-state index < -0.39 is 5.82 Å². The Kier molecular flexibility index (Phi) is 3.91. The topological polar surface area (TPSA) is 20.3 Å². The van der Waals surface area contributed by atoms with E-state index in [1.165, 1.54) is 18.2 Å². The molecule has 98 valence electrons. The van der Waals surface area contributed by atoms with Crippen molar-refractivity contribution in [2.24, 2.45) is 5.92 Å². The van der Waals surface area contributed by atoms with Crippen molar-refractivity contribution in [2.45, 2.75) is 32.7 Å². The molecule has 18 heavy (non-hydrogen) atoms. The van der Waals surface area contributed by atoms with Gasteiger partial charge in [0.05, 0.1) is 5.56 Å². The highest BCUT2D eigenvalue weighted by Crippen LogP contribution is 2.31. The molecule has 2 nitrogen and oxygen atoms in total. The van der Waals surface area contributed by atoms with Crippen LogP contribution in [0.15, 0.2) is 18.2 Å². The molecule has 1 fully saturated rings. The van der Waals surface area contributed by atoms with Gasteiger partial charge in [0, 0.05) is 17.6 Å². The molecule has 1 aliphatic rings. The molecule has 1 aromatic carbocycles. The lowest BCUT2D eigenvalue weighted by atomic mass is 10.1. The van der Waals surface area contributed by atoms with Crippen LogP contribution in [0, 0.1) is 11.7 Å². The molecular weight excluding hydrogens is 253 g/mol. The van der Waals surface area contributed by atoms with Gasteiger partial charge in [0.25, 0.3) is 5.91 Å². The predicted molar refractivity (Wildman–Crippen MR) is 70.3 cm³/mol. The van der Waals surface area contributed by atoms with E-state index >= 15 is 0 Å². The molecule has 0 aliphatic heterocycles. The monoisotopic (exact) mass is 269 g/mol. The van der Waals surface area contributed by atoms with Crippen LogP contribution in [-0.4, -0.2) is 23.4 Å². The Morgan fingerprint density at radius 3 is 2.72 bits per heavy atom. The fourth-order valence-electron chi connectivity index (χ4n) is 1.92. The van der Waals surface area contributed by atoms with Gasteiger partial charge in [0.15, 0.2) is 0 Å². The number of carbonyl (C=O) groups excluding carboxylic acids is 1. The van der Waals surface area contributed by atoms with Gasteiger partial charge in [-0.05, 0) is 50.8 Å². The van der Waals surface area contributed by atoms with Crippen LogP contribution in [0.1, 0.15) is 37.0 Å². The molecule has 0 radical (unpaired) electrons. The summed E-state index contributed by atoms with van der Waals surface area (Å²) >= 11 is 5.83. The highest BCUT2D eigenvalue weighted by Gasteiger charge is 2.29. The summed E-state index contributed by atoms with van der Waals surface area (Å²) < 4.78 is 13.7. The Balaban J connectivity index is 2.23. The number of amides is 1. The van der Waals surface area contributed by atoms with E-state index in [1.54, 1.807) is 4.90 Å². The minimum atomic E-state index is -0.508. The molecule has 1 aromatic rings. The lowest BCUT2D eigenvalue weighted by molar-refractivity contribution is 0.0691. The van der Waals surface area contributed by atoms with Gasteiger partial charge < -0.3 is 4.90 Å². The van der Waals surface area contributed by atoms with Crippen LogP contribution >= 0.6 is 11.6 Å². The first-order valence-electron chi connectivity index (χ1n) is 6.25. The largest absolute Gasteiger partial charge is 0.336 e. The lowest BCUT2D eigenvalue weighted by Crippen LogP contribution is -2.38. The number of nitrogens with zero attached hydrogens (tertiary/aromatic N) is 1. The van der Waals surface area contributed by atoms with Crippen LogP contribution in [0.2, 0.25) is 5.02 Å². The molecule has 0 N–H and O–H groups in total. The number of hydrogen-bond acceptors (Lipinski definition) is 1. The van der Waals surface area contributed by atoms with Gasteiger partial charge in [0.2, 0.25) is 0 Å². The van der Waals surface area contributed by atoms with Gasteiger partial charge in [-0.15, -0.1) is 0 Å². The van der Waals surface area contributed by atoms with Crippen LogP contribution in [0.5, 0.6) is 0 Å². The van der Waals surface area contributed by atoms with Crippen molar-refractivity contribution in [1.82, 2.24) is 4.90 Å². The summed E-state index contributed by atoms with van der Waals surface area (Å²) in [5, 5.41) is 0.384. The van der Waals surface area contributed by atoms with Crippen molar-refractivity contribution in [2.75, 3.05) is 6.54 Å². The van der Waals surface area contributed by atoms with E-state index in [4.69, 9.17) is 11.6 Å². The fraction of sp³-hybridized carbons (Fsp3) is 0.500. The summed E-state index contributed by atoms with van der Waals surface area (Å²) in [7, 11) is 0. The fourth-order valence-corrected chi connectivity index (χ4v) is 2.10. The van der Waals surface area contributed by atoms with Gasteiger partial charge in [-0.3, -0.25) is 4.79 Å². The number of rotatable bonds is 4. The molecule has 2 rings (SSSR count). The summed E-state index contributed by atoms with van der Waals surface area (Å²) in [6, 6.07) is 4.16. The summed E-state index contributed by atoms with van der Waals surface area (Å²) in [4.78, 5) is 14.1. The normalized spacial score (nSPS) is 14.9. The van der Waals surface area contributed by atoms with Crippen LogP contribution in [0.25, 0.3) is 0 Å². The van der Waals surface area contributed by atoms with Crippen molar-refractivity contribution < 1.29 is 9.18 Å². The summed E-state index contributed by atoms with van der Waals surface area (Å²) in [6.07, 6.45) is 2.32. The molecule has 1 saturated carbocycles. The molecule has 4 heteroatoms. The zero-order valence-corrected chi connectivity index (χ0v) is 11.4. The maximum Gasteiger partial charge on any atom is 0.257 e. The van der Waals surface area contributed by atoms with Crippen LogP contribution in [0.4, 0.5) is 4.39 Å². The van der Waals surface area contributed by atoms with Gasteiger partial charge in [-0.2, -0.15) is 0 Å². The lowest BCUT2D eigenvalue weighted by Gasteiger charge is -2.27. The second-order valence-corrected chi connectivity index (χ2v) is 5.56. The van der Waals surface area contributed by atoms with Gasteiger partial charge >= 0.3 is 0 Å². The summed E-state index contributed by atoms with van der Waals surface area (Å²) in [5.74, 6) is -0.193. The third-order valence-electron chi connectivity index (χ3n) is 3.19. The number of hydrogen-bond donors (Lipinski definition) is 0. The van der Waals surface area contributed by atoms with Gasteiger partial charge in [-0.1, -0.05) is 11.6 Å². The first-order chi connectivity index (χ1) is 8.49. The van der Waals surface area contributed by atoms with Crippen molar-refractivity contribution in [3.05, 3.63) is 34.6 Å². The molecule has 0 saturated heterocycles. The zero-order chi connectivity index (χ0) is 13.3.